The van der Waals surface area contributed by atoms with Crippen LogP contribution in [0.25, 0.3) is 11.1 Å². The van der Waals surface area contributed by atoms with E-state index in [2.05, 4.69) is 23.8 Å². The maximum absolute atomic E-state index is 12.4. The second-order valence-electron chi connectivity index (χ2n) is 10.6. The Bertz CT molecular complexity index is 970. The molecule has 0 radical (unpaired) electrons. The van der Waals surface area contributed by atoms with Gasteiger partial charge in [-0.05, 0) is 30.5 Å². The minimum absolute atomic E-state index is 0.213. The molecule has 1 fully saturated rings. The van der Waals surface area contributed by atoms with Crippen molar-refractivity contribution in [2.45, 2.75) is 116 Å². The van der Waals surface area contributed by atoms with Crippen molar-refractivity contribution in [1.29, 1.82) is 0 Å². The van der Waals surface area contributed by atoms with Gasteiger partial charge in [0.15, 0.2) is 0 Å². The molecule has 0 spiro atoms. The number of unbranched alkanes of at least 4 members (excludes halogenated alkanes) is 9. The van der Waals surface area contributed by atoms with E-state index < -0.39 is 6.16 Å². The highest BCUT2D eigenvalue weighted by Gasteiger charge is 2.25. The Balaban J connectivity index is 1.34. The molecule has 0 unspecified atom stereocenters. The van der Waals surface area contributed by atoms with Crippen molar-refractivity contribution in [3.8, 4) is 16.9 Å². The van der Waals surface area contributed by atoms with Gasteiger partial charge in [0.25, 0.3) is 0 Å². The quantitative estimate of drug-likeness (QED) is 0.123. The molecule has 214 valence electrons. The molecule has 0 bridgehead atoms. The van der Waals surface area contributed by atoms with E-state index in [1.807, 2.05) is 29.4 Å². The third-order valence-electron chi connectivity index (χ3n) is 7.40. The number of rotatable bonds is 16. The number of likely N-dealkylation sites (tertiary alicyclic amines) is 1. The molecule has 7 nitrogen and oxygen atoms in total. The van der Waals surface area contributed by atoms with Gasteiger partial charge in [-0.3, -0.25) is 4.79 Å². The number of aromatic nitrogens is 2. The number of carbonyl (C=O) groups excluding carboxylic acids is 2. The molecule has 0 N–H and O–H groups in total. The summed E-state index contributed by atoms with van der Waals surface area (Å²) in [6.07, 6.45) is 18.8. The summed E-state index contributed by atoms with van der Waals surface area (Å²) >= 11 is 0. The molecule has 0 aliphatic carbocycles. The summed E-state index contributed by atoms with van der Waals surface area (Å²) in [7, 11) is 0. The van der Waals surface area contributed by atoms with Gasteiger partial charge in [-0.2, -0.15) is 0 Å². The van der Waals surface area contributed by atoms with Crippen LogP contribution in [0.5, 0.6) is 5.75 Å². The Kier molecular flexibility index (Phi) is 13.8. The molecule has 1 aromatic carbocycles. The van der Waals surface area contributed by atoms with Crippen LogP contribution in [0, 0.1) is 0 Å². The minimum atomic E-state index is -0.703. The van der Waals surface area contributed by atoms with Crippen LogP contribution in [-0.4, -0.2) is 46.1 Å². The lowest BCUT2D eigenvalue weighted by atomic mass is 10.1. The molecule has 2 heterocycles. The van der Waals surface area contributed by atoms with Crippen molar-refractivity contribution in [1.82, 2.24) is 14.9 Å². The van der Waals surface area contributed by atoms with Gasteiger partial charge in [-0.1, -0.05) is 83.8 Å². The van der Waals surface area contributed by atoms with Crippen molar-refractivity contribution in [3.05, 3.63) is 42.5 Å². The summed E-state index contributed by atoms with van der Waals surface area (Å²) in [5, 5.41) is 0. The van der Waals surface area contributed by atoms with Gasteiger partial charge in [0.1, 0.15) is 17.7 Å². The molecule has 1 aromatic heterocycles. The topological polar surface area (TPSA) is 81.6 Å². The fraction of sp³-hybridized carbons (Fsp3) is 0.625. The SMILES string of the molecule is CCCCCCCCc1ncc(-c2ccc(OC(=O)OC3CCN(C(=O)CCCCCCC)CC3)cc2)cn1. The fourth-order valence-corrected chi connectivity index (χ4v) is 4.93. The van der Waals surface area contributed by atoms with Gasteiger partial charge >= 0.3 is 6.16 Å². The van der Waals surface area contributed by atoms with Crippen LogP contribution in [-0.2, 0) is 16.0 Å². The average Bonchev–Trinajstić information content (AvgIpc) is 2.96. The number of carbonyl (C=O) groups is 2. The monoisotopic (exact) mass is 537 g/mol. The summed E-state index contributed by atoms with van der Waals surface area (Å²) in [6, 6.07) is 7.29. The van der Waals surface area contributed by atoms with E-state index in [0.29, 0.717) is 38.1 Å². The Morgan fingerprint density at radius 1 is 0.795 bits per heavy atom. The fourth-order valence-electron chi connectivity index (χ4n) is 4.93. The summed E-state index contributed by atoms with van der Waals surface area (Å²) < 4.78 is 10.9. The van der Waals surface area contributed by atoms with E-state index >= 15 is 0 Å². The Morgan fingerprint density at radius 2 is 1.38 bits per heavy atom. The summed E-state index contributed by atoms with van der Waals surface area (Å²) in [5.74, 6) is 1.53. The maximum atomic E-state index is 12.4. The van der Waals surface area contributed by atoms with E-state index in [4.69, 9.17) is 9.47 Å². The molecule has 1 aliphatic heterocycles. The third-order valence-corrected chi connectivity index (χ3v) is 7.40. The number of amides is 1. The number of nitrogens with zero attached hydrogens (tertiary/aromatic N) is 3. The first-order valence-electron chi connectivity index (χ1n) is 15.2. The van der Waals surface area contributed by atoms with E-state index in [0.717, 1.165) is 42.6 Å². The van der Waals surface area contributed by atoms with Gasteiger partial charge in [0, 0.05) is 56.7 Å². The highest BCUT2D eigenvalue weighted by atomic mass is 16.7. The molecular weight excluding hydrogens is 490 g/mol. The first-order valence-corrected chi connectivity index (χ1v) is 15.2. The molecular formula is C32H47N3O4. The lowest BCUT2D eigenvalue weighted by Crippen LogP contribution is -2.41. The zero-order chi connectivity index (χ0) is 27.7. The first-order chi connectivity index (χ1) is 19.1. The molecule has 0 saturated carbocycles. The van der Waals surface area contributed by atoms with Crippen LogP contribution in [0.3, 0.4) is 0 Å². The predicted molar refractivity (Wildman–Crippen MR) is 155 cm³/mol. The van der Waals surface area contributed by atoms with Crippen molar-refractivity contribution in [2.24, 2.45) is 0 Å². The largest absolute Gasteiger partial charge is 0.514 e. The molecule has 7 heteroatoms. The summed E-state index contributed by atoms with van der Waals surface area (Å²) in [6.45, 7) is 5.67. The number of aryl methyl sites for hydroxylation is 1. The van der Waals surface area contributed by atoms with Crippen molar-refractivity contribution < 1.29 is 19.1 Å². The van der Waals surface area contributed by atoms with E-state index in [9.17, 15) is 9.59 Å². The van der Waals surface area contributed by atoms with E-state index in [1.165, 1.54) is 51.4 Å². The normalized spacial score (nSPS) is 13.8. The van der Waals surface area contributed by atoms with Crippen LogP contribution in [0.15, 0.2) is 36.7 Å². The van der Waals surface area contributed by atoms with Crippen LogP contribution >= 0.6 is 0 Å². The molecule has 1 amide bonds. The second kappa shape index (κ2) is 17.6. The van der Waals surface area contributed by atoms with E-state index in [1.54, 1.807) is 12.1 Å². The summed E-state index contributed by atoms with van der Waals surface area (Å²) in [4.78, 5) is 35.7. The van der Waals surface area contributed by atoms with E-state index in [-0.39, 0.29) is 12.0 Å². The summed E-state index contributed by atoms with van der Waals surface area (Å²) in [5.41, 5.74) is 1.89. The molecule has 3 rings (SSSR count). The average molecular weight is 538 g/mol. The first kappa shape index (κ1) is 30.6. The number of ether oxygens (including phenoxy) is 2. The zero-order valence-corrected chi connectivity index (χ0v) is 24.0. The van der Waals surface area contributed by atoms with Crippen molar-refractivity contribution >= 4 is 12.1 Å². The lowest BCUT2D eigenvalue weighted by Gasteiger charge is -2.31. The zero-order valence-electron chi connectivity index (χ0n) is 24.0. The Labute approximate surface area is 234 Å². The van der Waals surface area contributed by atoms with Crippen LogP contribution in [0.1, 0.15) is 110 Å². The molecule has 2 aromatic rings. The molecule has 1 saturated heterocycles. The van der Waals surface area contributed by atoms with Gasteiger partial charge in [-0.25, -0.2) is 14.8 Å². The van der Waals surface area contributed by atoms with Crippen LogP contribution in [0.4, 0.5) is 4.79 Å². The minimum Gasteiger partial charge on any atom is -0.431 e. The molecule has 1 aliphatic rings. The van der Waals surface area contributed by atoms with Gasteiger partial charge in [-0.15, -0.1) is 0 Å². The third kappa shape index (κ3) is 11.4. The standard InChI is InChI=1S/C32H47N3O4/c1-3-5-7-9-11-12-14-30-33-24-27(25-34-30)26-16-18-28(19-17-26)38-32(37)39-29-20-22-35(23-21-29)31(36)15-13-10-8-6-4-2/h16-19,24-25,29H,3-15,20-23H2,1-2H3. The Morgan fingerprint density at radius 3 is 2.03 bits per heavy atom. The maximum Gasteiger partial charge on any atom is 0.514 e. The molecule has 0 atom stereocenters. The highest BCUT2D eigenvalue weighted by Crippen LogP contribution is 2.23. The lowest BCUT2D eigenvalue weighted by molar-refractivity contribution is -0.133. The second-order valence-corrected chi connectivity index (χ2v) is 10.6. The number of hydrogen-bond acceptors (Lipinski definition) is 6. The van der Waals surface area contributed by atoms with Gasteiger partial charge in [0.2, 0.25) is 5.91 Å². The van der Waals surface area contributed by atoms with Crippen LogP contribution in [0.2, 0.25) is 0 Å². The van der Waals surface area contributed by atoms with Gasteiger partial charge in [0.05, 0.1) is 0 Å². The predicted octanol–water partition coefficient (Wildman–Crippen LogP) is 7.91. The number of piperidine rings is 1. The smallest absolute Gasteiger partial charge is 0.431 e. The van der Waals surface area contributed by atoms with Crippen molar-refractivity contribution in [2.75, 3.05) is 13.1 Å². The number of hydrogen-bond donors (Lipinski definition) is 0. The van der Waals surface area contributed by atoms with Crippen molar-refractivity contribution in [3.63, 3.8) is 0 Å². The van der Waals surface area contributed by atoms with Crippen LogP contribution < -0.4 is 4.74 Å². The van der Waals surface area contributed by atoms with Gasteiger partial charge < -0.3 is 14.4 Å². The Hall–Kier alpha value is -2.96. The highest BCUT2D eigenvalue weighted by molar-refractivity contribution is 5.76. The number of benzene rings is 1. The molecule has 39 heavy (non-hydrogen) atoms.